The average Bonchev–Trinajstić information content (AvgIpc) is 2.46. The Labute approximate surface area is 126 Å². The maximum Gasteiger partial charge on any atom is 0.135 e. The van der Waals surface area contributed by atoms with Crippen LogP contribution in [0, 0.1) is 0 Å². The van der Waals surface area contributed by atoms with Gasteiger partial charge in [-0.1, -0.05) is 78.1 Å². The van der Waals surface area contributed by atoms with Crippen molar-refractivity contribution in [1.82, 2.24) is 4.90 Å². The molecule has 1 N–H and O–H groups in total. The molecule has 0 saturated heterocycles. The van der Waals surface area contributed by atoms with Gasteiger partial charge in [0.2, 0.25) is 0 Å². The van der Waals surface area contributed by atoms with Crippen LogP contribution in [-0.2, 0) is 4.89 Å². The molecule has 3 heteroatoms. The molecule has 0 aliphatic heterocycles. The second-order valence-electron chi connectivity index (χ2n) is 5.91. The minimum atomic E-state index is 0.365. The molecule has 3 nitrogen and oxygen atoms in total. The van der Waals surface area contributed by atoms with E-state index in [1.165, 1.54) is 77.0 Å². The Morgan fingerprint density at radius 2 is 1.05 bits per heavy atom. The van der Waals surface area contributed by atoms with E-state index in [0.29, 0.717) is 6.73 Å². The minimum Gasteiger partial charge on any atom is -0.278 e. The van der Waals surface area contributed by atoms with Gasteiger partial charge in [-0.05, 0) is 12.8 Å². The van der Waals surface area contributed by atoms with Crippen LogP contribution < -0.4 is 0 Å². The minimum absolute atomic E-state index is 0.365. The Balaban J connectivity index is 3.45. The van der Waals surface area contributed by atoms with Gasteiger partial charge >= 0.3 is 0 Å². The maximum atomic E-state index is 8.64. The summed E-state index contributed by atoms with van der Waals surface area (Å²) in [6.07, 6.45) is 15.8. The fourth-order valence-electron chi connectivity index (χ4n) is 2.55. The third-order valence-corrected chi connectivity index (χ3v) is 3.90. The summed E-state index contributed by atoms with van der Waals surface area (Å²) in [7, 11) is 0. The summed E-state index contributed by atoms with van der Waals surface area (Å²) in [5, 5.41) is 8.64. The van der Waals surface area contributed by atoms with Gasteiger partial charge in [-0.3, -0.25) is 10.2 Å². The lowest BCUT2D eigenvalue weighted by molar-refractivity contribution is -0.269. The fraction of sp³-hybridized carbons (Fsp3) is 1.00. The van der Waals surface area contributed by atoms with Crippen LogP contribution in [0.2, 0.25) is 0 Å². The summed E-state index contributed by atoms with van der Waals surface area (Å²) in [5.74, 6) is 0. The maximum absolute atomic E-state index is 8.64. The van der Waals surface area contributed by atoms with Crippen molar-refractivity contribution in [1.29, 1.82) is 0 Å². The van der Waals surface area contributed by atoms with Crippen LogP contribution in [0.5, 0.6) is 0 Å². The SMILES string of the molecule is CCCCCCCCN(CCCCCCCC)COO. The molecule has 0 aromatic carbocycles. The molecular weight excluding hydrogens is 250 g/mol. The van der Waals surface area contributed by atoms with Crippen LogP contribution >= 0.6 is 0 Å². The second kappa shape index (κ2) is 16.9. The molecule has 0 bridgehead atoms. The highest BCUT2D eigenvalue weighted by molar-refractivity contribution is 4.55. The summed E-state index contributed by atoms with van der Waals surface area (Å²) in [6, 6.07) is 0. The van der Waals surface area contributed by atoms with E-state index in [1.807, 2.05) is 0 Å². The number of hydrogen-bond donors (Lipinski definition) is 1. The molecule has 0 fully saturated rings. The molecule has 0 spiro atoms. The zero-order valence-electron chi connectivity index (χ0n) is 13.9. The lowest BCUT2D eigenvalue weighted by Gasteiger charge is -2.20. The highest BCUT2D eigenvalue weighted by Gasteiger charge is 2.04. The first-order valence-corrected chi connectivity index (χ1v) is 8.83. The summed E-state index contributed by atoms with van der Waals surface area (Å²) in [6.45, 7) is 6.98. The zero-order valence-corrected chi connectivity index (χ0v) is 13.9. The number of nitrogens with zero attached hydrogens (tertiary/aromatic N) is 1. The quantitative estimate of drug-likeness (QED) is 0.177. The van der Waals surface area contributed by atoms with Crippen LogP contribution in [0.25, 0.3) is 0 Å². The number of unbranched alkanes of at least 4 members (excludes halogenated alkanes) is 10. The van der Waals surface area contributed by atoms with E-state index in [2.05, 4.69) is 23.6 Å². The topological polar surface area (TPSA) is 32.7 Å². The van der Waals surface area contributed by atoms with Crippen molar-refractivity contribution < 1.29 is 10.1 Å². The average molecular weight is 287 g/mol. The monoisotopic (exact) mass is 287 g/mol. The summed E-state index contributed by atoms with van der Waals surface area (Å²) < 4.78 is 0. The lowest BCUT2D eigenvalue weighted by Crippen LogP contribution is -2.28. The van der Waals surface area contributed by atoms with E-state index < -0.39 is 0 Å². The van der Waals surface area contributed by atoms with Gasteiger partial charge in [0.1, 0.15) is 6.73 Å². The molecule has 0 atom stereocenters. The number of hydrogen-bond acceptors (Lipinski definition) is 3. The van der Waals surface area contributed by atoms with E-state index in [0.717, 1.165) is 13.1 Å². The van der Waals surface area contributed by atoms with Crippen LogP contribution in [0.15, 0.2) is 0 Å². The molecule has 0 aromatic rings. The van der Waals surface area contributed by atoms with Crippen molar-refractivity contribution >= 4 is 0 Å². The Morgan fingerprint density at radius 3 is 1.45 bits per heavy atom. The summed E-state index contributed by atoms with van der Waals surface area (Å²) in [4.78, 5) is 6.56. The largest absolute Gasteiger partial charge is 0.278 e. The Hall–Kier alpha value is -0.120. The third kappa shape index (κ3) is 14.3. The third-order valence-electron chi connectivity index (χ3n) is 3.90. The van der Waals surface area contributed by atoms with Crippen LogP contribution in [0.3, 0.4) is 0 Å². The normalized spacial score (nSPS) is 11.4. The smallest absolute Gasteiger partial charge is 0.135 e. The first-order chi connectivity index (χ1) is 9.85. The van der Waals surface area contributed by atoms with Crippen LogP contribution in [-0.4, -0.2) is 30.0 Å². The molecule has 122 valence electrons. The highest BCUT2D eigenvalue weighted by atomic mass is 17.1. The van der Waals surface area contributed by atoms with Gasteiger partial charge in [0.25, 0.3) is 0 Å². The molecule has 0 radical (unpaired) electrons. The van der Waals surface area contributed by atoms with Gasteiger partial charge in [0, 0.05) is 13.1 Å². The van der Waals surface area contributed by atoms with Crippen LogP contribution in [0.1, 0.15) is 90.9 Å². The van der Waals surface area contributed by atoms with Crippen molar-refractivity contribution in [2.75, 3.05) is 19.8 Å². The molecule has 0 rings (SSSR count). The van der Waals surface area contributed by atoms with Crippen molar-refractivity contribution in [3.05, 3.63) is 0 Å². The molecule has 0 aliphatic carbocycles. The van der Waals surface area contributed by atoms with Crippen molar-refractivity contribution in [3.8, 4) is 0 Å². The fourth-order valence-corrected chi connectivity index (χ4v) is 2.55. The summed E-state index contributed by atoms with van der Waals surface area (Å²) >= 11 is 0. The Kier molecular flexibility index (Phi) is 16.8. The van der Waals surface area contributed by atoms with Gasteiger partial charge in [-0.25, -0.2) is 4.89 Å². The van der Waals surface area contributed by atoms with Crippen LogP contribution in [0.4, 0.5) is 0 Å². The molecular formula is C17H37NO2. The van der Waals surface area contributed by atoms with Gasteiger partial charge in [-0.15, -0.1) is 0 Å². The van der Waals surface area contributed by atoms with E-state index in [-0.39, 0.29) is 0 Å². The van der Waals surface area contributed by atoms with Crippen molar-refractivity contribution in [3.63, 3.8) is 0 Å². The predicted octanol–water partition coefficient (Wildman–Crippen LogP) is 5.46. The van der Waals surface area contributed by atoms with Gasteiger partial charge in [0.15, 0.2) is 0 Å². The van der Waals surface area contributed by atoms with E-state index in [4.69, 9.17) is 5.26 Å². The highest BCUT2D eigenvalue weighted by Crippen LogP contribution is 2.08. The first-order valence-electron chi connectivity index (χ1n) is 8.83. The number of rotatable bonds is 16. The molecule has 0 unspecified atom stereocenters. The van der Waals surface area contributed by atoms with Crippen molar-refractivity contribution in [2.24, 2.45) is 0 Å². The lowest BCUT2D eigenvalue weighted by atomic mass is 10.1. The van der Waals surface area contributed by atoms with E-state index in [1.54, 1.807) is 0 Å². The molecule has 0 aliphatic rings. The van der Waals surface area contributed by atoms with Gasteiger partial charge in [0.05, 0.1) is 0 Å². The zero-order chi connectivity index (χ0) is 14.9. The molecule has 0 aromatic heterocycles. The Morgan fingerprint density at radius 1 is 0.650 bits per heavy atom. The van der Waals surface area contributed by atoms with E-state index in [9.17, 15) is 0 Å². The second-order valence-corrected chi connectivity index (χ2v) is 5.91. The summed E-state index contributed by atoms with van der Waals surface area (Å²) in [5.41, 5.74) is 0. The Bertz CT molecular complexity index is 160. The van der Waals surface area contributed by atoms with E-state index >= 15 is 0 Å². The molecule has 0 amide bonds. The van der Waals surface area contributed by atoms with Gasteiger partial charge < -0.3 is 0 Å². The molecule has 0 saturated carbocycles. The predicted molar refractivity (Wildman–Crippen MR) is 86.9 cm³/mol. The molecule has 20 heavy (non-hydrogen) atoms. The molecule has 0 heterocycles. The first kappa shape index (κ1) is 19.9. The standard InChI is InChI=1S/C17H37NO2/c1-3-5-7-9-11-13-15-18(17-20-19)16-14-12-10-8-6-4-2/h19H,3-17H2,1-2H3. The van der Waals surface area contributed by atoms with Gasteiger partial charge in [-0.2, -0.15) is 0 Å². The van der Waals surface area contributed by atoms with Crippen molar-refractivity contribution in [2.45, 2.75) is 90.9 Å².